The lowest BCUT2D eigenvalue weighted by molar-refractivity contribution is 0.0726. The van der Waals surface area contributed by atoms with Crippen LogP contribution in [0.5, 0.6) is 0 Å². The summed E-state index contributed by atoms with van der Waals surface area (Å²) in [5.41, 5.74) is 2.93. The van der Waals surface area contributed by atoms with Gasteiger partial charge in [-0.25, -0.2) is 4.98 Å². The molecule has 0 aliphatic carbocycles. The zero-order valence-corrected chi connectivity index (χ0v) is 16.8. The summed E-state index contributed by atoms with van der Waals surface area (Å²) in [6.07, 6.45) is 2.90. The van der Waals surface area contributed by atoms with E-state index in [1.54, 1.807) is 0 Å². The van der Waals surface area contributed by atoms with Gasteiger partial charge >= 0.3 is 0 Å². The quantitative estimate of drug-likeness (QED) is 0.868. The molecule has 27 heavy (non-hydrogen) atoms. The van der Waals surface area contributed by atoms with E-state index in [1.165, 1.54) is 12.0 Å². The second-order valence-corrected chi connectivity index (χ2v) is 7.77. The van der Waals surface area contributed by atoms with Crippen LogP contribution in [0.25, 0.3) is 0 Å². The number of hydrogen-bond acceptors (Lipinski definition) is 4. The average molecular weight is 390 g/mol. The molecule has 0 saturated carbocycles. The molecule has 1 atom stereocenters. The smallest absolute Gasteiger partial charge is 0.254 e. The molecule has 1 saturated heterocycles. The van der Waals surface area contributed by atoms with Crippen LogP contribution in [0.4, 0.5) is 0 Å². The molecule has 6 heteroatoms. The molecule has 1 amide bonds. The Balaban J connectivity index is 0.00000210. The van der Waals surface area contributed by atoms with E-state index in [4.69, 9.17) is 4.42 Å². The van der Waals surface area contributed by atoms with Gasteiger partial charge in [0.05, 0.1) is 6.54 Å². The maximum Gasteiger partial charge on any atom is 0.254 e. The Bertz CT molecular complexity index is 796. The number of rotatable bonds is 4. The van der Waals surface area contributed by atoms with Crippen LogP contribution in [0, 0.1) is 5.92 Å². The van der Waals surface area contributed by atoms with Crippen LogP contribution in [0.2, 0.25) is 0 Å². The van der Waals surface area contributed by atoms with Gasteiger partial charge in [-0.3, -0.25) is 4.79 Å². The molecule has 0 radical (unpaired) electrons. The monoisotopic (exact) mass is 389 g/mol. The van der Waals surface area contributed by atoms with Crippen LogP contribution in [-0.4, -0.2) is 35.4 Å². The van der Waals surface area contributed by atoms with Gasteiger partial charge in [-0.05, 0) is 43.5 Å². The standard InChI is InChI=1S/C21H27N3O2.ClH/c1-14(2)20-23-18-13-24(10-8-19(18)26-20)21(25)17-6-4-3-5-16(17)11-15-7-9-22-12-15;/h3-6,14-15,22H,7-13H2,1-2H3;1H. The van der Waals surface area contributed by atoms with Crippen LogP contribution in [0.3, 0.4) is 0 Å². The maximum absolute atomic E-state index is 13.2. The summed E-state index contributed by atoms with van der Waals surface area (Å²) in [6.45, 7) is 7.52. The van der Waals surface area contributed by atoms with Crippen molar-refractivity contribution >= 4 is 18.3 Å². The highest BCUT2D eigenvalue weighted by Gasteiger charge is 2.28. The van der Waals surface area contributed by atoms with Gasteiger partial charge in [-0.15, -0.1) is 12.4 Å². The summed E-state index contributed by atoms with van der Waals surface area (Å²) in [4.78, 5) is 19.7. The number of fused-ring (bicyclic) bond motifs is 1. The molecule has 1 unspecified atom stereocenters. The molecule has 0 spiro atoms. The summed E-state index contributed by atoms with van der Waals surface area (Å²) >= 11 is 0. The van der Waals surface area contributed by atoms with Crippen molar-refractivity contribution < 1.29 is 9.21 Å². The van der Waals surface area contributed by atoms with Crippen LogP contribution >= 0.6 is 12.4 Å². The van der Waals surface area contributed by atoms with Gasteiger partial charge in [0.25, 0.3) is 5.91 Å². The highest BCUT2D eigenvalue weighted by Crippen LogP contribution is 2.26. The largest absolute Gasteiger partial charge is 0.445 e. The van der Waals surface area contributed by atoms with E-state index >= 15 is 0 Å². The normalized spacial score (nSPS) is 19.1. The minimum Gasteiger partial charge on any atom is -0.445 e. The van der Waals surface area contributed by atoms with Crippen LogP contribution in [0.15, 0.2) is 28.7 Å². The number of carbonyl (C=O) groups excluding carboxylic acids is 1. The van der Waals surface area contributed by atoms with E-state index in [0.29, 0.717) is 19.0 Å². The molecule has 5 nitrogen and oxygen atoms in total. The number of oxazole rings is 1. The van der Waals surface area contributed by atoms with Crippen molar-refractivity contribution in [3.8, 4) is 0 Å². The van der Waals surface area contributed by atoms with Crippen molar-refractivity contribution in [1.29, 1.82) is 0 Å². The fraction of sp³-hybridized carbons (Fsp3) is 0.524. The minimum atomic E-state index is 0. The maximum atomic E-state index is 13.2. The second kappa shape index (κ2) is 8.44. The molecule has 2 aliphatic rings. The summed E-state index contributed by atoms with van der Waals surface area (Å²) in [6, 6.07) is 8.08. The third-order valence-corrected chi connectivity index (χ3v) is 5.44. The summed E-state index contributed by atoms with van der Waals surface area (Å²) in [7, 11) is 0. The van der Waals surface area contributed by atoms with E-state index in [9.17, 15) is 4.79 Å². The van der Waals surface area contributed by atoms with Gasteiger partial charge in [-0.1, -0.05) is 32.0 Å². The van der Waals surface area contributed by atoms with E-state index in [-0.39, 0.29) is 24.2 Å². The Morgan fingerprint density at radius 1 is 1.37 bits per heavy atom. The molecule has 146 valence electrons. The first-order chi connectivity index (χ1) is 12.6. The Morgan fingerprint density at radius 2 is 2.19 bits per heavy atom. The summed E-state index contributed by atoms with van der Waals surface area (Å²) < 4.78 is 5.86. The molecular formula is C21H28ClN3O2. The van der Waals surface area contributed by atoms with Gasteiger partial charge in [0.1, 0.15) is 11.5 Å². The minimum absolute atomic E-state index is 0. The van der Waals surface area contributed by atoms with E-state index in [2.05, 4.69) is 30.2 Å². The van der Waals surface area contributed by atoms with Gasteiger partial charge in [0, 0.05) is 24.4 Å². The summed E-state index contributed by atoms with van der Waals surface area (Å²) in [5, 5.41) is 3.41. The third kappa shape index (κ3) is 4.19. The molecule has 2 aliphatic heterocycles. The number of carbonyl (C=O) groups is 1. The molecular weight excluding hydrogens is 362 g/mol. The fourth-order valence-corrected chi connectivity index (χ4v) is 3.92. The van der Waals surface area contributed by atoms with Crippen molar-refractivity contribution in [1.82, 2.24) is 15.2 Å². The van der Waals surface area contributed by atoms with Crippen molar-refractivity contribution in [3.05, 3.63) is 52.7 Å². The van der Waals surface area contributed by atoms with Crippen molar-refractivity contribution in [3.63, 3.8) is 0 Å². The van der Waals surface area contributed by atoms with Crippen molar-refractivity contribution in [2.24, 2.45) is 5.92 Å². The molecule has 1 aromatic carbocycles. The van der Waals surface area contributed by atoms with E-state index in [1.807, 2.05) is 23.1 Å². The number of nitrogens with one attached hydrogen (secondary N) is 1. The molecule has 4 rings (SSSR count). The molecule has 0 bridgehead atoms. The van der Waals surface area contributed by atoms with E-state index < -0.39 is 0 Å². The first-order valence-corrected chi connectivity index (χ1v) is 9.68. The topological polar surface area (TPSA) is 58.4 Å². The molecule has 1 aromatic heterocycles. The van der Waals surface area contributed by atoms with Crippen LogP contribution in [0.1, 0.15) is 59.5 Å². The van der Waals surface area contributed by atoms with Gasteiger partial charge < -0.3 is 14.6 Å². The van der Waals surface area contributed by atoms with Gasteiger partial charge in [0.2, 0.25) is 0 Å². The molecule has 1 fully saturated rings. The number of amides is 1. The Morgan fingerprint density at radius 3 is 2.93 bits per heavy atom. The lowest BCUT2D eigenvalue weighted by Crippen LogP contribution is -2.36. The lowest BCUT2D eigenvalue weighted by atomic mass is 9.94. The first-order valence-electron chi connectivity index (χ1n) is 9.68. The predicted octanol–water partition coefficient (Wildman–Crippen LogP) is 3.57. The number of halogens is 1. The average Bonchev–Trinajstić information content (AvgIpc) is 3.30. The molecule has 3 heterocycles. The highest BCUT2D eigenvalue weighted by atomic mass is 35.5. The first kappa shape index (κ1) is 19.9. The Labute approximate surface area is 166 Å². The number of hydrogen-bond donors (Lipinski definition) is 1. The predicted molar refractivity (Wildman–Crippen MR) is 107 cm³/mol. The van der Waals surface area contributed by atoms with Crippen LogP contribution < -0.4 is 5.32 Å². The van der Waals surface area contributed by atoms with Crippen LogP contribution in [-0.2, 0) is 19.4 Å². The second-order valence-electron chi connectivity index (χ2n) is 7.77. The number of nitrogens with zero attached hydrogens (tertiary/aromatic N) is 2. The SMILES string of the molecule is CC(C)c1nc2c(o1)CCN(C(=O)c1ccccc1CC1CCNC1)C2.Cl. The van der Waals surface area contributed by atoms with Crippen molar-refractivity contribution in [2.45, 2.75) is 45.6 Å². The zero-order chi connectivity index (χ0) is 18.1. The summed E-state index contributed by atoms with van der Waals surface area (Å²) in [5.74, 6) is 2.74. The van der Waals surface area contributed by atoms with Gasteiger partial charge in [0.15, 0.2) is 5.89 Å². The zero-order valence-electron chi connectivity index (χ0n) is 16.0. The van der Waals surface area contributed by atoms with Crippen molar-refractivity contribution in [2.75, 3.05) is 19.6 Å². The lowest BCUT2D eigenvalue weighted by Gasteiger charge is -2.26. The number of benzene rings is 1. The molecule has 2 aromatic rings. The van der Waals surface area contributed by atoms with Gasteiger partial charge in [-0.2, -0.15) is 0 Å². The van der Waals surface area contributed by atoms with E-state index in [0.717, 1.165) is 48.8 Å². The Kier molecular flexibility index (Phi) is 6.22. The third-order valence-electron chi connectivity index (χ3n) is 5.44. The number of aromatic nitrogens is 1. The Hall–Kier alpha value is -1.85. The molecule has 1 N–H and O–H groups in total. The fourth-order valence-electron chi connectivity index (χ4n) is 3.92. The highest BCUT2D eigenvalue weighted by molar-refractivity contribution is 5.95.